The highest BCUT2D eigenvalue weighted by atomic mass is 79.9. The van der Waals surface area contributed by atoms with Crippen LogP contribution in [0.25, 0.3) is 0 Å². The van der Waals surface area contributed by atoms with Crippen molar-refractivity contribution >= 4 is 31.9 Å². The quantitative estimate of drug-likeness (QED) is 0.818. The van der Waals surface area contributed by atoms with E-state index in [1.807, 2.05) is 0 Å². The van der Waals surface area contributed by atoms with Gasteiger partial charge in [0.25, 0.3) is 0 Å². The van der Waals surface area contributed by atoms with Gasteiger partial charge < -0.3 is 5.11 Å². The summed E-state index contributed by atoms with van der Waals surface area (Å²) in [7, 11) is -3.82. The van der Waals surface area contributed by atoms with Crippen molar-refractivity contribution in [1.29, 1.82) is 0 Å². The van der Waals surface area contributed by atoms with E-state index in [0.717, 1.165) is 6.07 Å². The number of terminal acetylenes is 1. The number of carboxylic acids is 1. The first-order valence-corrected chi connectivity index (χ1v) is 7.07. The lowest BCUT2D eigenvalue weighted by atomic mass is 10.2. The Hall–Kier alpha value is -1.36. The molecule has 5 nitrogen and oxygen atoms in total. The summed E-state index contributed by atoms with van der Waals surface area (Å²) < 4.78 is 26.3. The zero-order valence-corrected chi connectivity index (χ0v) is 11.7. The van der Waals surface area contributed by atoms with E-state index >= 15 is 0 Å². The van der Waals surface area contributed by atoms with E-state index in [0.29, 0.717) is 4.47 Å². The van der Waals surface area contributed by atoms with Crippen LogP contribution >= 0.6 is 15.9 Å². The number of aromatic carboxylic acids is 1. The lowest BCUT2D eigenvalue weighted by Crippen LogP contribution is -2.31. The van der Waals surface area contributed by atoms with Crippen molar-refractivity contribution in [2.75, 3.05) is 0 Å². The fourth-order valence-corrected chi connectivity index (χ4v) is 2.78. The molecule has 0 spiro atoms. The van der Waals surface area contributed by atoms with Crippen molar-refractivity contribution in [1.82, 2.24) is 4.72 Å². The molecule has 0 saturated carbocycles. The predicted molar refractivity (Wildman–Crippen MR) is 69.7 cm³/mol. The lowest BCUT2D eigenvalue weighted by molar-refractivity contribution is 0.0695. The van der Waals surface area contributed by atoms with E-state index in [1.54, 1.807) is 0 Å². The topological polar surface area (TPSA) is 83.5 Å². The molecule has 1 aromatic rings. The maximum atomic E-state index is 11.9. The fraction of sp³-hybridized carbons (Fsp3) is 0.182. The Bertz CT molecular complexity index is 618. The second-order valence-corrected chi connectivity index (χ2v) is 6.02. The van der Waals surface area contributed by atoms with E-state index in [1.165, 1.54) is 19.1 Å². The van der Waals surface area contributed by atoms with Crippen LogP contribution in [0.5, 0.6) is 0 Å². The van der Waals surface area contributed by atoms with Gasteiger partial charge in [-0.25, -0.2) is 13.2 Å². The van der Waals surface area contributed by atoms with Crippen LogP contribution in [0.3, 0.4) is 0 Å². The number of sulfonamides is 1. The van der Waals surface area contributed by atoms with Crippen LogP contribution < -0.4 is 4.72 Å². The summed E-state index contributed by atoms with van der Waals surface area (Å²) in [5.74, 6) is 1.01. The molecular weight excluding hydrogens is 322 g/mol. The molecule has 1 atom stereocenters. The molecular formula is C11H10BrNO4S. The molecule has 18 heavy (non-hydrogen) atoms. The van der Waals surface area contributed by atoms with Crippen LogP contribution in [0.15, 0.2) is 27.6 Å². The third-order valence-electron chi connectivity index (χ3n) is 2.06. The van der Waals surface area contributed by atoms with Gasteiger partial charge in [0.2, 0.25) is 10.0 Å². The Labute approximate surface area is 113 Å². The van der Waals surface area contributed by atoms with Crippen LogP contribution in [0.1, 0.15) is 17.3 Å². The number of hydrogen-bond donors (Lipinski definition) is 2. The molecule has 0 radical (unpaired) electrons. The van der Waals surface area contributed by atoms with Crippen LogP contribution in [0, 0.1) is 12.3 Å². The molecule has 0 fully saturated rings. The molecule has 0 aliphatic carbocycles. The third-order valence-corrected chi connectivity index (χ3v) is 4.29. The van der Waals surface area contributed by atoms with E-state index in [4.69, 9.17) is 11.5 Å². The van der Waals surface area contributed by atoms with Gasteiger partial charge in [-0.1, -0.05) is 5.92 Å². The predicted octanol–water partition coefficient (Wildman–Crippen LogP) is 1.45. The Morgan fingerprint density at radius 1 is 1.56 bits per heavy atom. The zero-order valence-electron chi connectivity index (χ0n) is 9.34. The summed E-state index contributed by atoms with van der Waals surface area (Å²) in [5, 5.41) is 8.91. The van der Waals surface area contributed by atoms with Gasteiger partial charge in [0.15, 0.2) is 0 Å². The van der Waals surface area contributed by atoms with Crippen molar-refractivity contribution in [3.63, 3.8) is 0 Å². The highest BCUT2D eigenvalue weighted by molar-refractivity contribution is 9.10. The van der Waals surface area contributed by atoms with E-state index in [9.17, 15) is 13.2 Å². The monoisotopic (exact) mass is 331 g/mol. The minimum Gasteiger partial charge on any atom is -0.478 e. The summed E-state index contributed by atoms with van der Waals surface area (Å²) >= 11 is 3.03. The smallest absolute Gasteiger partial charge is 0.336 e. The second kappa shape index (κ2) is 5.52. The standard InChI is InChI=1S/C11H10BrNO4S/c1-3-7(2)13-18(16,17)8-4-5-10(12)9(6-8)11(14)15/h1,4-7,13H,2H3,(H,14,15). The van der Waals surface area contributed by atoms with Gasteiger partial charge in [0.1, 0.15) is 0 Å². The Morgan fingerprint density at radius 3 is 2.67 bits per heavy atom. The number of nitrogens with one attached hydrogen (secondary N) is 1. The summed E-state index contributed by atoms with van der Waals surface area (Å²) in [5.41, 5.74) is -0.133. The van der Waals surface area contributed by atoms with Crippen LogP contribution in [0.2, 0.25) is 0 Å². The van der Waals surface area contributed by atoms with Crippen molar-refractivity contribution < 1.29 is 18.3 Å². The maximum Gasteiger partial charge on any atom is 0.336 e. The van der Waals surface area contributed by atoms with Crippen molar-refractivity contribution in [2.24, 2.45) is 0 Å². The van der Waals surface area contributed by atoms with Gasteiger partial charge >= 0.3 is 5.97 Å². The first-order chi connectivity index (χ1) is 8.27. The molecule has 0 bridgehead atoms. The number of carbonyl (C=O) groups is 1. The van der Waals surface area contributed by atoms with Crippen LogP contribution in [0.4, 0.5) is 0 Å². The number of benzene rings is 1. The molecule has 1 aromatic carbocycles. The largest absolute Gasteiger partial charge is 0.478 e. The lowest BCUT2D eigenvalue weighted by Gasteiger charge is -2.10. The summed E-state index contributed by atoms with van der Waals surface area (Å²) in [6.45, 7) is 1.51. The summed E-state index contributed by atoms with van der Waals surface area (Å²) in [4.78, 5) is 10.8. The number of rotatable bonds is 4. The molecule has 1 unspecified atom stereocenters. The molecule has 7 heteroatoms. The fourth-order valence-electron chi connectivity index (χ4n) is 1.17. The maximum absolute atomic E-state index is 11.9. The van der Waals surface area contributed by atoms with Crippen LogP contribution in [-0.2, 0) is 10.0 Å². The van der Waals surface area contributed by atoms with Crippen molar-refractivity contribution in [2.45, 2.75) is 17.9 Å². The molecule has 96 valence electrons. The molecule has 0 aliphatic rings. The van der Waals surface area contributed by atoms with Gasteiger partial charge in [-0.2, -0.15) is 4.72 Å². The normalized spacial score (nSPS) is 12.7. The van der Waals surface area contributed by atoms with Gasteiger partial charge in [-0.15, -0.1) is 6.42 Å². The average molecular weight is 332 g/mol. The Morgan fingerprint density at radius 2 is 2.17 bits per heavy atom. The van der Waals surface area contributed by atoms with E-state index in [2.05, 4.69) is 26.6 Å². The first kappa shape index (κ1) is 14.7. The first-order valence-electron chi connectivity index (χ1n) is 4.79. The SMILES string of the molecule is C#CC(C)NS(=O)(=O)c1ccc(Br)c(C(=O)O)c1. The molecule has 1 rings (SSSR count). The molecule has 0 saturated heterocycles. The number of halogens is 1. The van der Waals surface area contributed by atoms with Gasteiger partial charge in [0, 0.05) is 4.47 Å². The number of hydrogen-bond acceptors (Lipinski definition) is 3. The number of carboxylic acid groups (broad SMARTS) is 1. The van der Waals surface area contributed by atoms with Crippen molar-refractivity contribution in [3.05, 3.63) is 28.2 Å². The van der Waals surface area contributed by atoms with Gasteiger partial charge in [0.05, 0.1) is 16.5 Å². The van der Waals surface area contributed by atoms with Gasteiger partial charge in [-0.05, 0) is 41.1 Å². The molecule has 0 heterocycles. The van der Waals surface area contributed by atoms with Gasteiger partial charge in [-0.3, -0.25) is 0 Å². The molecule has 2 N–H and O–H groups in total. The Kier molecular flexibility index (Phi) is 4.51. The third kappa shape index (κ3) is 3.32. The summed E-state index contributed by atoms with van der Waals surface area (Å²) in [6, 6.07) is 3.05. The minimum atomic E-state index is -3.82. The molecule has 0 aliphatic heterocycles. The van der Waals surface area contributed by atoms with E-state index < -0.39 is 22.0 Å². The highest BCUT2D eigenvalue weighted by Crippen LogP contribution is 2.21. The highest BCUT2D eigenvalue weighted by Gasteiger charge is 2.19. The Balaban J connectivity index is 3.23. The van der Waals surface area contributed by atoms with E-state index in [-0.39, 0.29) is 10.5 Å². The minimum absolute atomic E-state index is 0.133. The van der Waals surface area contributed by atoms with Crippen molar-refractivity contribution in [3.8, 4) is 12.3 Å². The average Bonchev–Trinajstić information content (AvgIpc) is 2.28. The molecule has 0 amide bonds. The second-order valence-electron chi connectivity index (χ2n) is 3.46. The zero-order chi connectivity index (χ0) is 13.9. The summed E-state index contributed by atoms with van der Waals surface area (Å²) in [6.07, 6.45) is 5.08. The van der Waals surface area contributed by atoms with Crippen LogP contribution in [-0.4, -0.2) is 25.5 Å². The molecule has 0 aromatic heterocycles.